The minimum Gasteiger partial charge on any atom is -0.337 e. The molecule has 21 heavy (non-hydrogen) atoms. The molecule has 0 unspecified atom stereocenters. The average molecular weight is 299 g/mol. The second-order valence-corrected chi connectivity index (χ2v) is 5.91. The van der Waals surface area contributed by atoms with Crippen molar-refractivity contribution >= 4 is 28.0 Å². The summed E-state index contributed by atoms with van der Waals surface area (Å²) in [4.78, 5) is 15.4. The van der Waals surface area contributed by atoms with Gasteiger partial charge in [0.2, 0.25) is 0 Å². The highest BCUT2D eigenvalue weighted by Gasteiger charge is 2.16. The van der Waals surface area contributed by atoms with E-state index in [1.807, 2.05) is 23.6 Å². The zero-order chi connectivity index (χ0) is 14.8. The van der Waals surface area contributed by atoms with Gasteiger partial charge < -0.3 is 4.90 Å². The molecule has 106 valence electrons. The molecule has 4 heteroatoms. The van der Waals surface area contributed by atoms with Gasteiger partial charge >= 0.3 is 0 Å². The van der Waals surface area contributed by atoms with Crippen LogP contribution in [0.3, 0.4) is 0 Å². The van der Waals surface area contributed by atoms with E-state index in [2.05, 4.69) is 0 Å². The number of hydrogen-bond donors (Lipinski definition) is 0. The highest BCUT2D eigenvalue weighted by atomic mass is 32.1. The van der Waals surface area contributed by atoms with Crippen LogP contribution in [0.25, 0.3) is 10.8 Å². The van der Waals surface area contributed by atoms with Crippen LogP contribution >= 0.6 is 11.3 Å². The lowest BCUT2D eigenvalue weighted by Crippen LogP contribution is -2.26. The van der Waals surface area contributed by atoms with Gasteiger partial charge in [0.25, 0.3) is 5.91 Å². The highest BCUT2D eigenvalue weighted by molar-refractivity contribution is 7.09. The van der Waals surface area contributed by atoms with Gasteiger partial charge in [0.1, 0.15) is 5.82 Å². The van der Waals surface area contributed by atoms with Crippen LogP contribution in [-0.4, -0.2) is 17.9 Å². The minimum atomic E-state index is -0.303. The Morgan fingerprint density at radius 3 is 2.57 bits per heavy atom. The third-order valence-electron chi connectivity index (χ3n) is 3.42. The van der Waals surface area contributed by atoms with Crippen molar-refractivity contribution in [3.63, 3.8) is 0 Å². The van der Waals surface area contributed by atoms with Crippen molar-refractivity contribution in [3.05, 3.63) is 70.2 Å². The monoisotopic (exact) mass is 299 g/mol. The zero-order valence-electron chi connectivity index (χ0n) is 11.5. The molecular formula is C17H14FNOS. The van der Waals surface area contributed by atoms with Crippen molar-refractivity contribution in [2.75, 3.05) is 7.05 Å². The maximum atomic E-state index is 13.8. The van der Waals surface area contributed by atoms with Gasteiger partial charge in [-0.25, -0.2) is 4.39 Å². The largest absolute Gasteiger partial charge is 0.337 e. The molecule has 0 saturated heterocycles. The predicted octanol–water partition coefficient (Wildman–Crippen LogP) is 4.31. The molecular weight excluding hydrogens is 285 g/mol. The Kier molecular flexibility index (Phi) is 3.71. The molecule has 1 amide bonds. The van der Waals surface area contributed by atoms with Gasteiger partial charge in [0.15, 0.2) is 0 Å². The van der Waals surface area contributed by atoms with Crippen LogP contribution in [0.4, 0.5) is 4.39 Å². The fraction of sp³-hybridized carbons (Fsp3) is 0.118. The third-order valence-corrected chi connectivity index (χ3v) is 4.28. The minimum absolute atomic E-state index is 0.0976. The first-order valence-corrected chi connectivity index (χ1v) is 7.50. The molecule has 0 saturated carbocycles. The molecule has 0 bridgehead atoms. The molecule has 0 N–H and O–H groups in total. The summed E-state index contributed by atoms with van der Waals surface area (Å²) in [5.74, 6) is -0.400. The van der Waals surface area contributed by atoms with Crippen molar-refractivity contribution in [1.29, 1.82) is 0 Å². The quantitative estimate of drug-likeness (QED) is 0.705. The van der Waals surface area contributed by atoms with Gasteiger partial charge in [0, 0.05) is 22.9 Å². The van der Waals surface area contributed by atoms with Crippen LogP contribution in [0.5, 0.6) is 0 Å². The normalized spacial score (nSPS) is 10.8. The number of carbonyl (C=O) groups is 1. The molecule has 3 rings (SSSR count). The summed E-state index contributed by atoms with van der Waals surface area (Å²) in [5.41, 5.74) is 0.533. The first kappa shape index (κ1) is 13.8. The number of hydrogen-bond acceptors (Lipinski definition) is 2. The second kappa shape index (κ2) is 5.66. The van der Waals surface area contributed by atoms with E-state index in [0.29, 0.717) is 22.9 Å². The third kappa shape index (κ3) is 2.67. The number of carbonyl (C=O) groups excluding carboxylic acids is 1. The predicted molar refractivity (Wildman–Crippen MR) is 84.0 cm³/mol. The molecule has 2 aromatic carbocycles. The van der Waals surface area contributed by atoms with Crippen LogP contribution in [0, 0.1) is 5.82 Å². The lowest BCUT2D eigenvalue weighted by Gasteiger charge is -2.17. The first-order chi connectivity index (χ1) is 10.2. The number of rotatable bonds is 3. The molecule has 0 atom stereocenters. The van der Waals surface area contributed by atoms with E-state index in [4.69, 9.17) is 0 Å². The number of amides is 1. The summed E-state index contributed by atoms with van der Waals surface area (Å²) in [6, 6.07) is 13.9. The molecule has 0 aliphatic rings. The molecule has 0 aliphatic heterocycles. The van der Waals surface area contributed by atoms with Crippen molar-refractivity contribution in [3.8, 4) is 0 Å². The van der Waals surface area contributed by atoms with E-state index in [9.17, 15) is 9.18 Å². The van der Waals surface area contributed by atoms with E-state index < -0.39 is 0 Å². The lowest BCUT2D eigenvalue weighted by atomic mass is 10.0. The van der Waals surface area contributed by atoms with E-state index in [-0.39, 0.29) is 11.7 Å². The molecule has 0 fully saturated rings. The smallest absolute Gasteiger partial charge is 0.254 e. The second-order valence-electron chi connectivity index (χ2n) is 4.88. The highest BCUT2D eigenvalue weighted by Crippen LogP contribution is 2.23. The van der Waals surface area contributed by atoms with Crippen LogP contribution < -0.4 is 0 Å². The van der Waals surface area contributed by atoms with E-state index in [1.165, 1.54) is 6.07 Å². The van der Waals surface area contributed by atoms with Crippen molar-refractivity contribution in [2.45, 2.75) is 6.54 Å². The number of nitrogens with zero attached hydrogens (tertiary/aromatic N) is 1. The number of benzene rings is 2. The Bertz CT molecular complexity index is 783. The molecule has 2 nitrogen and oxygen atoms in total. The van der Waals surface area contributed by atoms with Gasteiger partial charge in [-0.2, -0.15) is 0 Å². The molecule has 3 aromatic rings. The Hall–Kier alpha value is -2.20. The standard InChI is InChI=1S/C17H14FNOS/c1-19(11-12-5-4-10-21-12)17(20)15-8-9-16(18)14-7-3-2-6-13(14)15/h2-10H,11H2,1H3. The van der Waals surface area contributed by atoms with Gasteiger partial charge in [0.05, 0.1) is 6.54 Å². The Morgan fingerprint density at radius 1 is 1.10 bits per heavy atom. The maximum absolute atomic E-state index is 13.8. The fourth-order valence-corrected chi connectivity index (χ4v) is 3.12. The lowest BCUT2D eigenvalue weighted by molar-refractivity contribution is 0.0788. The van der Waals surface area contributed by atoms with E-state index >= 15 is 0 Å². The van der Waals surface area contributed by atoms with Crippen LogP contribution in [0.15, 0.2) is 53.9 Å². The van der Waals surface area contributed by atoms with Crippen molar-refractivity contribution in [2.24, 2.45) is 0 Å². The number of fused-ring (bicyclic) bond motifs is 1. The van der Waals surface area contributed by atoms with Crippen LogP contribution in [0.1, 0.15) is 15.2 Å². The van der Waals surface area contributed by atoms with Gasteiger partial charge in [-0.1, -0.05) is 30.3 Å². The summed E-state index contributed by atoms with van der Waals surface area (Å²) in [6.07, 6.45) is 0. The molecule has 0 spiro atoms. The Balaban J connectivity index is 1.96. The Morgan fingerprint density at radius 2 is 1.86 bits per heavy atom. The van der Waals surface area contributed by atoms with Crippen molar-refractivity contribution < 1.29 is 9.18 Å². The summed E-state index contributed by atoms with van der Waals surface area (Å²) in [7, 11) is 1.76. The number of halogens is 1. The zero-order valence-corrected chi connectivity index (χ0v) is 12.4. The Labute approximate surface area is 126 Å². The molecule has 0 aliphatic carbocycles. The van der Waals surface area contributed by atoms with E-state index in [1.54, 1.807) is 47.5 Å². The topological polar surface area (TPSA) is 20.3 Å². The molecule has 0 radical (unpaired) electrons. The average Bonchev–Trinajstić information content (AvgIpc) is 3.00. The summed E-state index contributed by atoms with van der Waals surface area (Å²) >= 11 is 1.62. The van der Waals surface area contributed by atoms with Gasteiger partial charge in [-0.15, -0.1) is 11.3 Å². The SMILES string of the molecule is CN(Cc1cccs1)C(=O)c1ccc(F)c2ccccc12. The van der Waals surface area contributed by atoms with Crippen molar-refractivity contribution in [1.82, 2.24) is 4.90 Å². The van der Waals surface area contributed by atoms with Gasteiger partial charge in [-0.05, 0) is 29.0 Å². The van der Waals surface area contributed by atoms with Crippen LogP contribution in [0.2, 0.25) is 0 Å². The summed E-state index contributed by atoms with van der Waals surface area (Å²) < 4.78 is 13.8. The van der Waals surface area contributed by atoms with E-state index in [0.717, 1.165) is 4.88 Å². The molecule has 1 heterocycles. The number of thiophene rings is 1. The first-order valence-electron chi connectivity index (χ1n) is 6.62. The molecule has 1 aromatic heterocycles. The summed E-state index contributed by atoms with van der Waals surface area (Å²) in [6.45, 7) is 0.558. The van der Waals surface area contributed by atoms with Crippen LogP contribution in [-0.2, 0) is 6.54 Å². The maximum Gasteiger partial charge on any atom is 0.254 e. The van der Waals surface area contributed by atoms with Gasteiger partial charge in [-0.3, -0.25) is 4.79 Å². The summed E-state index contributed by atoms with van der Waals surface area (Å²) in [5, 5.41) is 3.12. The fourth-order valence-electron chi connectivity index (χ4n) is 2.36.